The molecule has 0 aliphatic carbocycles. The Morgan fingerprint density at radius 3 is 2.78 bits per heavy atom. The van der Waals surface area contributed by atoms with Crippen molar-refractivity contribution in [2.75, 3.05) is 23.4 Å². The van der Waals surface area contributed by atoms with Crippen LogP contribution in [0.5, 0.6) is 0 Å². The number of hydrazine groups is 1. The van der Waals surface area contributed by atoms with Gasteiger partial charge in [0.15, 0.2) is 0 Å². The summed E-state index contributed by atoms with van der Waals surface area (Å²) in [6.07, 6.45) is 0.992. The second kappa shape index (κ2) is 4.41. The van der Waals surface area contributed by atoms with Crippen LogP contribution < -0.4 is 16.2 Å². The predicted octanol–water partition coefficient (Wildman–Crippen LogP) is 1.51. The van der Waals surface area contributed by atoms with Crippen molar-refractivity contribution in [3.05, 3.63) is 22.2 Å². The molecule has 1 saturated heterocycles. The van der Waals surface area contributed by atoms with Gasteiger partial charge in [-0.1, -0.05) is 13.8 Å². The third-order valence-electron chi connectivity index (χ3n) is 3.18. The Morgan fingerprint density at radius 2 is 2.28 bits per heavy atom. The van der Waals surface area contributed by atoms with Crippen LogP contribution in [0.4, 0.5) is 17.3 Å². The van der Waals surface area contributed by atoms with E-state index in [1.54, 1.807) is 0 Å². The summed E-state index contributed by atoms with van der Waals surface area (Å²) in [4.78, 5) is 16.8. The molecule has 2 rings (SSSR count). The van der Waals surface area contributed by atoms with Gasteiger partial charge >= 0.3 is 5.69 Å². The molecule has 1 fully saturated rings. The molecule has 0 radical (unpaired) electrons. The lowest BCUT2D eigenvalue weighted by Crippen LogP contribution is -2.25. The maximum Gasteiger partial charge on any atom is 0.311 e. The van der Waals surface area contributed by atoms with E-state index in [0.717, 1.165) is 19.5 Å². The maximum absolute atomic E-state index is 11.0. The Hall–Kier alpha value is -1.89. The Labute approximate surface area is 105 Å². The first-order valence-electron chi connectivity index (χ1n) is 5.80. The van der Waals surface area contributed by atoms with Crippen LogP contribution >= 0.6 is 0 Å². The molecule has 0 atom stereocenters. The SMILES string of the molecule is CC1(C)CCN(c2nc(NN)ccc2[N+](=O)[O-])C1. The molecule has 0 bridgehead atoms. The van der Waals surface area contributed by atoms with Crippen LogP contribution in [0.1, 0.15) is 20.3 Å². The Morgan fingerprint density at radius 1 is 1.56 bits per heavy atom. The normalized spacial score (nSPS) is 17.8. The molecule has 7 nitrogen and oxygen atoms in total. The molecule has 0 spiro atoms. The van der Waals surface area contributed by atoms with Crippen molar-refractivity contribution in [3.8, 4) is 0 Å². The number of nitrogens with two attached hydrogens (primary N) is 1. The quantitative estimate of drug-likeness (QED) is 0.480. The van der Waals surface area contributed by atoms with E-state index < -0.39 is 4.92 Å². The van der Waals surface area contributed by atoms with Crippen molar-refractivity contribution >= 4 is 17.3 Å². The lowest BCUT2D eigenvalue weighted by atomic mass is 9.93. The molecule has 18 heavy (non-hydrogen) atoms. The summed E-state index contributed by atoms with van der Waals surface area (Å²) in [7, 11) is 0. The minimum atomic E-state index is -0.409. The highest BCUT2D eigenvalue weighted by Gasteiger charge is 2.33. The molecule has 0 aromatic carbocycles. The highest BCUT2D eigenvalue weighted by atomic mass is 16.6. The molecule has 3 N–H and O–H groups in total. The van der Waals surface area contributed by atoms with E-state index >= 15 is 0 Å². The van der Waals surface area contributed by atoms with Gasteiger partial charge in [0, 0.05) is 19.2 Å². The number of rotatable bonds is 3. The molecule has 1 aliphatic rings. The van der Waals surface area contributed by atoms with Crippen molar-refractivity contribution in [2.24, 2.45) is 11.3 Å². The first-order chi connectivity index (χ1) is 8.43. The molecular formula is C11H17N5O2. The van der Waals surface area contributed by atoms with Gasteiger partial charge in [-0.05, 0) is 17.9 Å². The zero-order chi connectivity index (χ0) is 13.3. The second-order valence-corrected chi connectivity index (χ2v) is 5.28. The van der Waals surface area contributed by atoms with E-state index in [9.17, 15) is 10.1 Å². The number of nitrogens with zero attached hydrogens (tertiary/aromatic N) is 3. The van der Waals surface area contributed by atoms with Crippen molar-refractivity contribution < 1.29 is 4.92 Å². The first-order valence-corrected chi connectivity index (χ1v) is 5.80. The number of pyridine rings is 1. The summed E-state index contributed by atoms with van der Waals surface area (Å²) >= 11 is 0. The molecule has 0 amide bonds. The first kappa shape index (κ1) is 12.6. The lowest BCUT2D eigenvalue weighted by Gasteiger charge is -2.20. The number of nitrogen functional groups attached to an aromatic ring is 1. The molecule has 1 aromatic heterocycles. The average Bonchev–Trinajstić information content (AvgIpc) is 2.68. The number of nitrogens with one attached hydrogen (secondary N) is 1. The fourth-order valence-electron chi connectivity index (χ4n) is 2.19. The van der Waals surface area contributed by atoms with Gasteiger partial charge in [-0.3, -0.25) is 10.1 Å². The van der Waals surface area contributed by atoms with Gasteiger partial charge in [0.2, 0.25) is 5.82 Å². The fraction of sp³-hybridized carbons (Fsp3) is 0.545. The van der Waals surface area contributed by atoms with Gasteiger partial charge in [-0.25, -0.2) is 10.8 Å². The van der Waals surface area contributed by atoms with Gasteiger partial charge in [0.1, 0.15) is 5.82 Å². The molecule has 7 heteroatoms. The number of hydrogen-bond donors (Lipinski definition) is 2. The van der Waals surface area contributed by atoms with E-state index in [-0.39, 0.29) is 11.1 Å². The van der Waals surface area contributed by atoms with E-state index in [4.69, 9.17) is 5.84 Å². The van der Waals surface area contributed by atoms with Crippen LogP contribution in [0, 0.1) is 15.5 Å². The Balaban J connectivity index is 2.38. The van der Waals surface area contributed by atoms with Crippen LogP contribution in [-0.2, 0) is 0 Å². The van der Waals surface area contributed by atoms with Crippen LogP contribution in [0.25, 0.3) is 0 Å². The van der Waals surface area contributed by atoms with Crippen LogP contribution in [-0.4, -0.2) is 23.0 Å². The molecular weight excluding hydrogens is 234 g/mol. The standard InChI is InChI=1S/C11H17N5O2/c1-11(2)5-6-15(7-11)10-8(16(17)18)3-4-9(13-10)14-12/h3-4H,5-7,12H2,1-2H3,(H,13,14). The highest BCUT2D eigenvalue weighted by Crippen LogP contribution is 2.36. The largest absolute Gasteiger partial charge is 0.350 e. The van der Waals surface area contributed by atoms with Gasteiger partial charge in [0.05, 0.1) is 4.92 Å². The van der Waals surface area contributed by atoms with Crippen molar-refractivity contribution in [1.29, 1.82) is 0 Å². The highest BCUT2D eigenvalue weighted by molar-refractivity contribution is 5.62. The average molecular weight is 251 g/mol. The summed E-state index contributed by atoms with van der Waals surface area (Å²) in [6.45, 7) is 5.82. The van der Waals surface area contributed by atoms with Crippen molar-refractivity contribution in [2.45, 2.75) is 20.3 Å². The summed E-state index contributed by atoms with van der Waals surface area (Å²) in [6, 6.07) is 2.94. The van der Waals surface area contributed by atoms with Crippen LogP contribution in [0.15, 0.2) is 12.1 Å². The summed E-state index contributed by atoms with van der Waals surface area (Å²) in [5, 5.41) is 11.0. The van der Waals surface area contributed by atoms with Gasteiger partial charge in [-0.15, -0.1) is 0 Å². The molecule has 0 unspecified atom stereocenters. The van der Waals surface area contributed by atoms with Crippen LogP contribution in [0.2, 0.25) is 0 Å². The van der Waals surface area contributed by atoms with Gasteiger partial charge < -0.3 is 10.3 Å². The number of aromatic nitrogens is 1. The monoisotopic (exact) mass is 251 g/mol. The zero-order valence-electron chi connectivity index (χ0n) is 10.5. The summed E-state index contributed by atoms with van der Waals surface area (Å²) in [5.74, 6) is 6.12. The minimum absolute atomic E-state index is 0.0201. The van der Waals surface area contributed by atoms with E-state index in [1.165, 1.54) is 12.1 Å². The fourth-order valence-corrected chi connectivity index (χ4v) is 2.19. The summed E-state index contributed by atoms with van der Waals surface area (Å²) in [5.41, 5.74) is 2.59. The molecule has 1 aliphatic heterocycles. The number of hydrogen-bond acceptors (Lipinski definition) is 6. The zero-order valence-corrected chi connectivity index (χ0v) is 10.5. The third kappa shape index (κ3) is 2.35. The lowest BCUT2D eigenvalue weighted by molar-refractivity contribution is -0.384. The Kier molecular flexibility index (Phi) is 3.08. The van der Waals surface area contributed by atoms with E-state index in [1.807, 2.05) is 4.90 Å². The number of nitro groups is 1. The van der Waals surface area contributed by atoms with Crippen molar-refractivity contribution in [1.82, 2.24) is 4.98 Å². The van der Waals surface area contributed by atoms with Gasteiger partial charge in [0.25, 0.3) is 0 Å². The van der Waals surface area contributed by atoms with Crippen molar-refractivity contribution in [3.63, 3.8) is 0 Å². The molecule has 0 saturated carbocycles. The second-order valence-electron chi connectivity index (χ2n) is 5.28. The topological polar surface area (TPSA) is 97.3 Å². The predicted molar refractivity (Wildman–Crippen MR) is 69.3 cm³/mol. The summed E-state index contributed by atoms with van der Waals surface area (Å²) < 4.78 is 0. The maximum atomic E-state index is 11.0. The molecule has 2 heterocycles. The van der Waals surface area contributed by atoms with Crippen LogP contribution in [0.3, 0.4) is 0 Å². The smallest absolute Gasteiger partial charge is 0.311 e. The minimum Gasteiger partial charge on any atom is -0.350 e. The van der Waals surface area contributed by atoms with E-state index in [2.05, 4.69) is 24.3 Å². The number of anilines is 2. The Bertz CT molecular complexity index is 475. The third-order valence-corrected chi connectivity index (χ3v) is 3.18. The molecule has 98 valence electrons. The van der Waals surface area contributed by atoms with E-state index in [0.29, 0.717) is 11.6 Å². The molecule has 1 aromatic rings. The van der Waals surface area contributed by atoms with Gasteiger partial charge in [-0.2, -0.15) is 0 Å².